The molecule has 0 fully saturated rings. The van der Waals surface area contributed by atoms with Crippen LogP contribution < -0.4 is 0 Å². The molecule has 0 aliphatic carbocycles. The van der Waals surface area contributed by atoms with Crippen LogP contribution in [0.15, 0.2) is 0 Å². The van der Waals surface area contributed by atoms with Gasteiger partial charge in [0.1, 0.15) is 6.10 Å². The van der Waals surface area contributed by atoms with Crippen molar-refractivity contribution in [2.24, 2.45) is 0 Å². The predicted octanol–water partition coefficient (Wildman–Crippen LogP) is 0.688. The quantitative estimate of drug-likeness (QED) is 0.659. The molecule has 0 bridgehead atoms. The molecule has 50 valence electrons. The lowest BCUT2D eigenvalue weighted by Crippen LogP contribution is -2.17. The van der Waals surface area contributed by atoms with Gasteiger partial charge in [-0.1, -0.05) is 0 Å². The van der Waals surface area contributed by atoms with E-state index in [1.54, 1.807) is 0 Å². The minimum Gasteiger partial charge on any atom is -0.388 e. The molecule has 0 saturated carbocycles. The van der Waals surface area contributed by atoms with Gasteiger partial charge in [0.15, 0.2) is 0 Å². The van der Waals surface area contributed by atoms with Crippen LogP contribution in [0.25, 0.3) is 0 Å². The lowest BCUT2D eigenvalue weighted by Gasteiger charge is -2.02. The van der Waals surface area contributed by atoms with Gasteiger partial charge < -0.3 is 5.11 Å². The first-order chi connectivity index (χ1) is 3.81. The number of rotatable bonds is 4. The molecule has 0 aliphatic rings. The van der Waals surface area contributed by atoms with E-state index in [-0.39, 0.29) is 13.2 Å². The summed E-state index contributed by atoms with van der Waals surface area (Å²) in [4.78, 5) is 0. The zero-order chi connectivity index (χ0) is 6.41. The molecule has 5 heteroatoms. The summed E-state index contributed by atoms with van der Waals surface area (Å²) in [6.07, 6.45) is -0.745. The normalized spacial score (nSPS) is 10.5. The third-order valence-corrected chi connectivity index (χ3v) is 0.763. The lowest BCUT2D eigenvalue weighted by molar-refractivity contribution is 0.0700. The number of hydrogen-bond acceptors (Lipinski definition) is 3. The first-order valence-electron chi connectivity index (χ1n) is 1.96. The standard InChI is InChI=1S/C3H6Cl2O3/c4-7-1-3(6)2-8-5/h3,6H,1-2H2. The number of hydrogen-bond donors (Lipinski definition) is 1. The van der Waals surface area contributed by atoms with E-state index in [1.165, 1.54) is 0 Å². The van der Waals surface area contributed by atoms with Gasteiger partial charge >= 0.3 is 0 Å². The fourth-order valence-corrected chi connectivity index (χ4v) is 0.484. The Bertz CT molecular complexity index is 45.8. The van der Waals surface area contributed by atoms with E-state index in [0.717, 1.165) is 0 Å². The summed E-state index contributed by atoms with van der Waals surface area (Å²) in [5.41, 5.74) is 0. The molecule has 0 unspecified atom stereocenters. The van der Waals surface area contributed by atoms with E-state index in [2.05, 4.69) is 8.58 Å². The molecule has 0 aromatic rings. The fraction of sp³-hybridized carbons (Fsp3) is 1.00. The maximum Gasteiger partial charge on any atom is 0.104 e. The molecular weight excluding hydrogens is 155 g/mol. The first-order valence-corrected chi connectivity index (χ1v) is 2.58. The second kappa shape index (κ2) is 5.59. The number of halogens is 2. The Kier molecular flexibility index (Phi) is 5.92. The average Bonchev–Trinajstić information content (AvgIpc) is 1.68. The maximum absolute atomic E-state index is 8.63. The Morgan fingerprint density at radius 1 is 1.25 bits per heavy atom. The van der Waals surface area contributed by atoms with E-state index in [0.29, 0.717) is 0 Å². The molecule has 0 spiro atoms. The summed E-state index contributed by atoms with van der Waals surface area (Å²) in [5.74, 6) is 0. The van der Waals surface area contributed by atoms with Crippen molar-refractivity contribution in [2.75, 3.05) is 13.2 Å². The van der Waals surface area contributed by atoms with Crippen LogP contribution in [0.2, 0.25) is 0 Å². The summed E-state index contributed by atoms with van der Waals surface area (Å²) in [5, 5.41) is 8.63. The summed E-state index contributed by atoms with van der Waals surface area (Å²) < 4.78 is 8.08. The molecule has 3 nitrogen and oxygen atoms in total. The summed E-state index contributed by atoms with van der Waals surface area (Å²) in [6, 6.07) is 0. The van der Waals surface area contributed by atoms with Crippen LogP contribution in [0.4, 0.5) is 0 Å². The van der Waals surface area contributed by atoms with Gasteiger partial charge in [0.2, 0.25) is 0 Å². The zero-order valence-corrected chi connectivity index (χ0v) is 5.52. The Balaban J connectivity index is 2.92. The van der Waals surface area contributed by atoms with E-state index < -0.39 is 6.10 Å². The Morgan fingerprint density at radius 3 is 1.88 bits per heavy atom. The Morgan fingerprint density at radius 2 is 1.62 bits per heavy atom. The van der Waals surface area contributed by atoms with Gasteiger partial charge in [0, 0.05) is 0 Å². The highest BCUT2D eigenvalue weighted by molar-refractivity contribution is 6.07. The zero-order valence-electron chi connectivity index (χ0n) is 4.01. The smallest absolute Gasteiger partial charge is 0.104 e. The lowest BCUT2D eigenvalue weighted by atomic mass is 10.4. The van der Waals surface area contributed by atoms with Crippen molar-refractivity contribution in [1.29, 1.82) is 0 Å². The number of aliphatic hydroxyl groups is 1. The third kappa shape index (κ3) is 4.61. The van der Waals surface area contributed by atoms with Gasteiger partial charge in [-0.2, -0.15) is 0 Å². The van der Waals surface area contributed by atoms with Gasteiger partial charge in [-0.15, -0.1) is 0 Å². The van der Waals surface area contributed by atoms with Crippen LogP contribution in [0.3, 0.4) is 0 Å². The van der Waals surface area contributed by atoms with Crippen LogP contribution in [0, 0.1) is 0 Å². The van der Waals surface area contributed by atoms with Gasteiger partial charge in [-0.25, -0.2) is 0 Å². The fourth-order valence-electron chi connectivity index (χ4n) is 0.194. The SMILES string of the molecule is OC(COCl)COCl. The molecule has 0 amide bonds. The molecule has 0 saturated heterocycles. The minimum absolute atomic E-state index is 0.0221. The molecule has 0 rings (SSSR count). The molecule has 0 aromatic carbocycles. The topological polar surface area (TPSA) is 38.7 Å². The van der Waals surface area contributed by atoms with Gasteiger partial charge in [0.05, 0.1) is 36.9 Å². The second-order valence-corrected chi connectivity index (χ2v) is 1.64. The largest absolute Gasteiger partial charge is 0.388 e. The van der Waals surface area contributed by atoms with Crippen LogP contribution in [-0.4, -0.2) is 24.4 Å². The van der Waals surface area contributed by atoms with Crippen molar-refractivity contribution >= 4 is 23.7 Å². The Hall–Kier alpha value is 0.460. The van der Waals surface area contributed by atoms with Crippen molar-refractivity contribution in [3.8, 4) is 0 Å². The highest BCUT2D eigenvalue weighted by atomic mass is 35.5. The molecule has 0 heterocycles. The molecule has 0 aromatic heterocycles. The first kappa shape index (κ1) is 8.46. The van der Waals surface area contributed by atoms with Crippen molar-refractivity contribution in [3.05, 3.63) is 0 Å². The van der Waals surface area contributed by atoms with Gasteiger partial charge in [-0.05, 0) is 0 Å². The molecule has 1 N–H and O–H groups in total. The van der Waals surface area contributed by atoms with Crippen LogP contribution >= 0.6 is 23.7 Å². The van der Waals surface area contributed by atoms with Crippen LogP contribution in [0.5, 0.6) is 0 Å². The van der Waals surface area contributed by atoms with Crippen LogP contribution in [-0.2, 0) is 8.58 Å². The second-order valence-electron chi connectivity index (χ2n) is 1.21. The molecule has 0 atom stereocenters. The van der Waals surface area contributed by atoms with E-state index in [1.807, 2.05) is 0 Å². The minimum atomic E-state index is -0.745. The molecule has 0 aliphatic heterocycles. The van der Waals surface area contributed by atoms with E-state index >= 15 is 0 Å². The predicted molar refractivity (Wildman–Crippen MR) is 29.6 cm³/mol. The monoisotopic (exact) mass is 160 g/mol. The highest BCUT2D eigenvalue weighted by Crippen LogP contribution is 1.90. The maximum atomic E-state index is 8.63. The van der Waals surface area contributed by atoms with Gasteiger partial charge in [0.25, 0.3) is 0 Å². The highest BCUT2D eigenvalue weighted by Gasteiger charge is 2.01. The Labute approximate surface area is 57.4 Å². The van der Waals surface area contributed by atoms with Crippen molar-refractivity contribution < 1.29 is 13.7 Å². The third-order valence-electron chi connectivity index (χ3n) is 0.511. The van der Waals surface area contributed by atoms with Crippen molar-refractivity contribution in [3.63, 3.8) is 0 Å². The average molecular weight is 161 g/mol. The van der Waals surface area contributed by atoms with Crippen LogP contribution in [0.1, 0.15) is 0 Å². The van der Waals surface area contributed by atoms with Crippen molar-refractivity contribution in [1.82, 2.24) is 0 Å². The summed E-state index contributed by atoms with van der Waals surface area (Å²) in [6.45, 7) is 0.0442. The molecule has 0 radical (unpaired) electrons. The van der Waals surface area contributed by atoms with Crippen molar-refractivity contribution in [2.45, 2.75) is 6.10 Å². The summed E-state index contributed by atoms with van der Waals surface area (Å²) >= 11 is 9.55. The summed E-state index contributed by atoms with van der Waals surface area (Å²) in [7, 11) is 0. The molecular formula is C3H6Cl2O3. The van der Waals surface area contributed by atoms with Gasteiger partial charge in [-0.3, -0.25) is 8.58 Å². The molecule has 8 heavy (non-hydrogen) atoms. The van der Waals surface area contributed by atoms with E-state index in [4.69, 9.17) is 28.8 Å². The number of aliphatic hydroxyl groups excluding tert-OH is 1. The van der Waals surface area contributed by atoms with E-state index in [9.17, 15) is 0 Å².